The van der Waals surface area contributed by atoms with Crippen molar-refractivity contribution >= 4 is 50.7 Å². The highest BCUT2D eigenvalue weighted by Gasteiger charge is 2.09. The van der Waals surface area contributed by atoms with Gasteiger partial charge < -0.3 is 5.32 Å². The van der Waals surface area contributed by atoms with Crippen molar-refractivity contribution in [3.05, 3.63) is 56.2 Å². The van der Waals surface area contributed by atoms with Gasteiger partial charge in [0, 0.05) is 21.4 Å². The van der Waals surface area contributed by atoms with E-state index in [1.165, 1.54) is 6.07 Å². The molecule has 2 aromatic rings. The number of halogens is 3. The first-order valence-corrected chi connectivity index (χ1v) is 6.91. The number of pyridine rings is 1. The van der Waals surface area contributed by atoms with E-state index in [-0.39, 0.29) is 5.91 Å². The normalized spacial score (nSPS) is 10.3. The van der Waals surface area contributed by atoms with Crippen LogP contribution in [0.4, 0.5) is 5.69 Å². The van der Waals surface area contributed by atoms with Crippen LogP contribution in [0.2, 0.25) is 10.2 Å². The van der Waals surface area contributed by atoms with Crippen molar-refractivity contribution in [1.82, 2.24) is 4.98 Å². The highest BCUT2D eigenvalue weighted by atomic mass is 79.9. The van der Waals surface area contributed by atoms with Crippen LogP contribution in [0, 0.1) is 6.92 Å². The smallest absolute Gasteiger partial charge is 0.255 e. The Balaban J connectivity index is 2.22. The zero-order valence-corrected chi connectivity index (χ0v) is 13.0. The Morgan fingerprint density at radius 1 is 1.26 bits per heavy atom. The number of rotatable bonds is 2. The zero-order chi connectivity index (χ0) is 14.0. The van der Waals surface area contributed by atoms with E-state index in [2.05, 4.69) is 26.2 Å². The van der Waals surface area contributed by atoms with Crippen LogP contribution < -0.4 is 5.32 Å². The topological polar surface area (TPSA) is 42.0 Å². The van der Waals surface area contributed by atoms with Gasteiger partial charge in [-0.3, -0.25) is 4.79 Å². The summed E-state index contributed by atoms with van der Waals surface area (Å²) in [5.74, 6) is -0.248. The first-order valence-electron chi connectivity index (χ1n) is 5.36. The van der Waals surface area contributed by atoms with E-state index < -0.39 is 0 Å². The predicted octanol–water partition coefficient (Wildman–Crippen LogP) is 4.71. The van der Waals surface area contributed by atoms with Gasteiger partial charge in [-0.25, -0.2) is 4.98 Å². The van der Waals surface area contributed by atoms with Gasteiger partial charge in [0.2, 0.25) is 0 Å². The average Bonchev–Trinajstić information content (AvgIpc) is 2.32. The fourth-order valence-electron chi connectivity index (χ4n) is 1.54. The summed E-state index contributed by atoms with van der Waals surface area (Å²) in [5, 5.41) is 3.64. The van der Waals surface area contributed by atoms with Crippen molar-refractivity contribution in [3.8, 4) is 0 Å². The molecule has 0 atom stereocenters. The van der Waals surface area contributed by atoms with Crippen LogP contribution in [-0.4, -0.2) is 10.9 Å². The number of carbonyl (C=O) groups is 1. The standard InChI is InChI=1S/C13H9BrCl2N2O/c1-7-4-8(5-12(16)17-7)13(19)18-9-2-3-11(15)10(14)6-9/h2-6H,1H3,(H,18,19). The molecular weight excluding hydrogens is 351 g/mol. The van der Waals surface area contributed by atoms with E-state index in [0.717, 1.165) is 4.47 Å². The van der Waals surface area contributed by atoms with Gasteiger partial charge in [0.15, 0.2) is 0 Å². The summed E-state index contributed by atoms with van der Waals surface area (Å²) in [5.41, 5.74) is 1.80. The minimum atomic E-state index is -0.248. The number of nitrogens with one attached hydrogen (secondary N) is 1. The molecule has 0 radical (unpaired) electrons. The maximum Gasteiger partial charge on any atom is 0.255 e. The summed E-state index contributed by atoms with van der Waals surface area (Å²) >= 11 is 15.0. The van der Waals surface area contributed by atoms with Crippen LogP contribution in [-0.2, 0) is 0 Å². The van der Waals surface area contributed by atoms with Crippen molar-refractivity contribution in [2.24, 2.45) is 0 Å². The molecule has 1 heterocycles. The SMILES string of the molecule is Cc1cc(C(=O)Nc2ccc(Cl)c(Br)c2)cc(Cl)n1. The molecule has 1 aromatic carbocycles. The molecule has 0 aliphatic heterocycles. The van der Waals surface area contributed by atoms with Gasteiger partial charge in [-0.05, 0) is 53.2 Å². The fraction of sp³-hybridized carbons (Fsp3) is 0.0769. The van der Waals surface area contributed by atoms with Gasteiger partial charge in [0.1, 0.15) is 5.15 Å². The lowest BCUT2D eigenvalue weighted by molar-refractivity contribution is 0.102. The number of aryl methyl sites for hydroxylation is 1. The summed E-state index contributed by atoms with van der Waals surface area (Å²) < 4.78 is 0.718. The second kappa shape index (κ2) is 5.90. The van der Waals surface area contributed by atoms with Crippen molar-refractivity contribution < 1.29 is 4.79 Å². The van der Waals surface area contributed by atoms with Gasteiger partial charge in [-0.2, -0.15) is 0 Å². The third-order valence-corrected chi connectivity index (χ3v) is 3.77. The number of benzene rings is 1. The Hall–Kier alpha value is -1.10. The van der Waals surface area contributed by atoms with Crippen LogP contribution in [0.25, 0.3) is 0 Å². The molecule has 2 rings (SSSR count). The Bertz CT molecular complexity index is 626. The highest BCUT2D eigenvalue weighted by Crippen LogP contribution is 2.25. The number of hydrogen-bond donors (Lipinski definition) is 1. The number of amides is 1. The van der Waals surface area contributed by atoms with Gasteiger partial charge in [0.05, 0.1) is 5.02 Å². The monoisotopic (exact) mass is 358 g/mol. The van der Waals surface area contributed by atoms with E-state index in [1.54, 1.807) is 31.2 Å². The van der Waals surface area contributed by atoms with Crippen LogP contribution in [0.5, 0.6) is 0 Å². The molecule has 19 heavy (non-hydrogen) atoms. The summed E-state index contributed by atoms with van der Waals surface area (Å²) in [6.45, 7) is 1.78. The molecule has 6 heteroatoms. The minimum Gasteiger partial charge on any atom is -0.322 e. The molecule has 0 fully saturated rings. The molecule has 3 nitrogen and oxygen atoms in total. The van der Waals surface area contributed by atoms with Crippen molar-refractivity contribution in [1.29, 1.82) is 0 Å². The molecule has 0 aliphatic rings. The largest absolute Gasteiger partial charge is 0.322 e. The fourth-order valence-corrected chi connectivity index (χ4v) is 2.28. The minimum absolute atomic E-state index is 0.248. The number of aromatic nitrogens is 1. The lowest BCUT2D eigenvalue weighted by atomic mass is 10.2. The number of hydrogen-bond acceptors (Lipinski definition) is 2. The second-order valence-corrected chi connectivity index (χ2v) is 5.55. The third-order valence-electron chi connectivity index (χ3n) is 2.36. The Morgan fingerprint density at radius 3 is 2.63 bits per heavy atom. The number of anilines is 1. The maximum atomic E-state index is 12.1. The number of nitrogens with zero attached hydrogens (tertiary/aromatic N) is 1. The summed E-state index contributed by atoms with van der Waals surface area (Å²) in [6.07, 6.45) is 0. The molecule has 1 aromatic heterocycles. The van der Waals surface area contributed by atoms with Gasteiger partial charge in [-0.15, -0.1) is 0 Å². The second-order valence-electron chi connectivity index (χ2n) is 3.90. The first kappa shape index (κ1) is 14.3. The molecule has 0 unspecified atom stereocenters. The number of carbonyl (C=O) groups excluding carboxylic acids is 1. The van der Waals surface area contributed by atoms with Crippen LogP contribution in [0.1, 0.15) is 16.1 Å². The molecule has 1 amide bonds. The zero-order valence-electron chi connectivity index (χ0n) is 9.88. The third kappa shape index (κ3) is 3.69. The molecule has 1 N–H and O–H groups in total. The van der Waals surface area contributed by atoms with Gasteiger partial charge in [-0.1, -0.05) is 23.2 Å². The summed E-state index contributed by atoms with van der Waals surface area (Å²) in [6, 6.07) is 8.35. The lowest BCUT2D eigenvalue weighted by Crippen LogP contribution is -2.12. The van der Waals surface area contributed by atoms with E-state index in [4.69, 9.17) is 23.2 Å². The molecule has 98 valence electrons. The average molecular weight is 360 g/mol. The van der Waals surface area contributed by atoms with Crippen LogP contribution in [0.15, 0.2) is 34.8 Å². The Kier molecular flexibility index (Phi) is 4.45. The summed E-state index contributed by atoms with van der Waals surface area (Å²) in [7, 11) is 0. The summed E-state index contributed by atoms with van der Waals surface area (Å²) in [4.78, 5) is 16.1. The van der Waals surface area contributed by atoms with Crippen molar-refractivity contribution in [2.75, 3.05) is 5.32 Å². The van der Waals surface area contributed by atoms with Crippen LogP contribution >= 0.6 is 39.1 Å². The highest BCUT2D eigenvalue weighted by molar-refractivity contribution is 9.10. The quantitative estimate of drug-likeness (QED) is 0.789. The molecule has 0 aliphatic carbocycles. The van der Waals surface area contributed by atoms with Crippen molar-refractivity contribution in [2.45, 2.75) is 6.92 Å². The Morgan fingerprint density at radius 2 is 2.00 bits per heavy atom. The van der Waals surface area contributed by atoms with E-state index in [1.807, 2.05) is 0 Å². The molecule has 0 saturated carbocycles. The van der Waals surface area contributed by atoms with E-state index >= 15 is 0 Å². The van der Waals surface area contributed by atoms with Gasteiger partial charge >= 0.3 is 0 Å². The lowest BCUT2D eigenvalue weighted by Gasteiger charge is -2.07. The molecule has 0 saturated heterocycles. The molecule has 0 spiro atoms. The van der Waals surface area contributed by atoms with E-state index in [9.17, 15) is 4.79 Å². The maximum absolute atomic E-state index is 12.1. The van der Waals surface area contributed by atoms with Crippen LogP contribution in [0.3, 0.4) is 0 Å². The van der Waals surface area contributed by atoms with Gasteiger partial charge in [0.25, 0.3) is 5.91 Å². The predicted molar refractivity (Wildman–Crippen MR) is 81.1 cm³/mol. The molecule has 0 bridgehead atoms. The van der Waals surface area contributed by atoms with Crippen molar-refractivity contribution in [3.63, 3.8) is 0 Å². The first-order chi connectivity index (χ1) is 8.95. The molecular formula is C13H9BrCl2N2O. The van der Waals surface area contributed by atoms with E-state index in [0.29, 0.717) is 27.1 Å². The Labute approximate surface area is 129 Å².